The molecule has 0 bridgehead atoms. The fourth-order valence-electron chi connectivity index (χ4n) is 2.17. The average Bonchev–Trinajstić information content (AvgIpc) is 2.82. The Labute approximate surface area is 118 Å². The zero-order valence-electron chi connectivity index (χ0n) is 11.2. The van der Waals surface area contributed by atoms with Gasteiger partial charge in [0, 0.05) is 6.54 Å². The standard InChI is InChI=1S/C13H18N2O4S/c1-9-5-11(8-19-9)13(16)15-7-10-3-2-4-12(6-10)20(14,17)18/h2-4,6,9,11H,5,7-8H2,1H3,(H,15,16)(H2,14,17,18). The summed E-state index contributed by atoms with van der Waals surface area (Å²) in [6.07, 6.45) is 0.819. The SMILES string of the molecule is CC1CC(C(=O)NCc2cccc(S(N)(=O)=O)c2)CO1. The third-order valence-electron chi connectivity index (χ3n) is 3.26. The number of sulfonamides is 1. The fourth-order valence-corrected chi connectivity index (χ4v) is 2.75. The molecule has 1 aromatic rings. The number of nitrogens with two attached hydrogens (primary N) is 1. The fraction of sp³-hybridized carbons (Fsp3) is 0.462. The molecule has 2 rings (SSSR count). The highest BCUT2D eigenvalue weighted by Crippen LogP contribution is 2.19. The molecule has 110 valence electrons. The number of primary sulfonamides is 1. The largest absolute Gasteiger partial charge is 0.378 e. The van der Waals surface area contributed by atoms with Crippen molar-refractivity contribution in [3.63, 3.8) is 0 Å². The first-order valence-electron chi connectivity index (χ1n) is 6.37. The maximum absolute atomic E-state index is 11.9. The molecule has 2 atom stereocenters. The van der Waals surface area contributed by atoms with Gasteiger partial charge >= 0.3 is 0 Å². The van der Waals surface area contributed by atoms with Gasteiger partial charge in [-0.2, -0.15) is 0 Å². The van der Waals surface area contributed by atoms with E-state index in [2.05, 4.69) is 5.32 Å². The Morgan fingerprint density at radius 1 is 1.50 bits per heavy atom. The molecule has 0 spiro atoms. The zero-order valence-corrected chi connectivity index (χ0v) is 12.0. The van der Waals surface area contributed by atoms with Gasteiger partial charge in [0.15, 0.2) is 0 Å². The Bertz CT molecular complexity index is 600. The lowest BCUT2D eigenvalue weighted by Crippen LogP contribution is -2.30. The van der Waals surface area contributed by atoms with Crippen LogP contribution in [0.1, 0.15) is 18.9 Å². The van der Waals surface area contributed by atoms with Crippen LogP contribution in [-0.2, 0) is 26.1 Å². The van der Waals surface area contributed by atoms with Crippen molar-refractivity contribution >= 4 is 15.9 Å². The summed E-state index contributed by atoms with van der Waals surface area (Å²) in [5.41, 5.74) is 0.692. The zero-order chi connectivity index (χ0) is 14.8. The summed E-state index contributed by atoms with van der Waals surface area (Å²) >= 11 is 0. The van der Waals surface area contributed by atoms with Crippen molar-refractivity contribution in [3.05, 3.63) is 29.8 Å². The minimum Gasteiger partial charge on any atom is -0.378 e. The maximum atomic E-state index is 11.9. The monoisotopic (exact) mass is 298 g/mol. The van der Waals surface area contributed by atoms with Crippen LogP contribution in [0.15, 0.2) is 29.2 Å². The molecule has 1 saturated heterocycles. The predicted molar refractivity (Wildman–Crippen MR) is 73.2 cm³/mol. The van der Waals surface area contributed by atoms with Gasteiger partial charge < -0.3 is 10.1 Å². The van der Waals surface area contributed by atoms with E-state index in [0.29, 0.717) is 18.6 Å². The molecular weight excluding hydrogens is 280 g/mol. The van der Waals surface area contributed by atoms with Crippen molar-refractivity contribution in [2.75, 3.05) is 6.61 Å². The van der Waals surface area contributed by atoms with Gasteiger partial charge in [-0.1, -0.05) is 12.1 Å². The number of rotatable bonds is 4. The Hall–Kier alpha value is -1.44. The normalized spacial score (nSPS) is 22.7. The minimum atomic E-state index is -3.72. The van der Waals surface area contributed by atoms with E-state index in [-0.39, 0.29) is 29.4 Å². The predicted octanol–water partition coefficient (Wildman–Crippen LogP) is 0.375. The molecule has 1 fully saturated rings. The number of carbonyl (C=O) groups is 1. The van der Waals surface area contributed by atoms with Crippen LogP contribution in [0, 0.1) is 5.92 Å². The van der Waals surface area contributed by atoms with Crippen molar-refractivity contribution in [1.82, 2.24) is 5.32 Å². The molecule has 1 amide bonds. The van der Waals surface area contributed by atoms with Crippen LogP contribution in [-0.4, -0.2) is 27.0 Å². The van der Waals surface area contributed by atoms with Gasteiger partial charge in [0.05, 0.1) is 23.5 Å². The number of benzene rings is 1. The maximum Gasteiger partial charge on any atom is 0.238 e. The van der Waals surface area contributed by atoms with Gasteiger partial charge in [0.1, 0.15) is 0 Å². The Balaban J connectivity index is 1.96. The molecule has 2 unspecified atom stereocenters. The number of hydrogen-bond acceptors (Lipinski definition) is 4. The quantitative estimate of drug-likeness (QED) is 0.839. The summed E-state index contributed by atoms with van der Waals surface area (Å²) in [4.78, 5) is 12.0. The van der Waals surface area contributed by atoms with Crippen LogP contribution in [0.25, 0.3) is 0 Å². The highest BCUT2D eigenvalue weighted by Gasteiger charge is 2.27. The molecule has 6 nitrogen and oxygen atoms in total. The van der Waals surface area contributed by atoms with Crippen molar-refractivity contribution in [2.45, 2.75) is 30.9 Å². The number of nitrogens with one attached hydrogen (secondary N) is 1. The highest BCUT2D eigenvalue weighted by atomic mass is 32.2. The third-order valence-corrected chi connectivity index (χ3v) is 4.17. The van der Waals surface area contributed by atoms with Gasteiger partial charge in [-0.05, 0) is 31.0 Å². The Morgan fingerprint density at radius 2 is 2.25 bits per heavy atom. The molecule has 1 aliphatic rings. The van der Waals surface area contributed by atoms with Gasteiger partial charge in [0.2, 0.25) is 15.9 Å². The molecule has 1 heterocycles. The Kier molecular flexibility index (Phi) is 4.42. The second-order valence-electron chi connectivity index (χ2n) is 4.99. The number of amides is 1. The summed E-state index contributed by atoms with van der Waals surface area (Å²) in [6.45, 7) is 2.64. The van der Waals surface area contributed by atoms with Crippen LogP contribution >= 0.6 is 0 Å². The first-order valence-corrected chi connectivity index (χ1v) is 7.92. The topological polar surface area (TPSA) is 98.5 Å². The van der Waals surface area contributed by atoms with Crippen LogP contribution in [0.5, 0.6) is 0 Å². The highest BCUT2D eigenvalue weighted by molar-refractivity contribution is 7.89. The van der Waals surface area contributed by atoms with E-state index in [1.807, 2.05) is 6.92 Å². The van der Waals surface area contributed by atoms with E-state index in [1.54, 1.807) is 12.1 Å². The lowest BCUT2D eigenvalue weighted by molar-refractivity contribution is -0.125. The average molecular weight is 298 g/mol. The van der Waals surface area contributed by atoms with E-state index in [4.69, 9.17) is 9.88 Å². The van der Waals surface area contributed by atoms with E-state index in [0.717, 1.165) is 0 Å². The number of ether oxygens (including phenoxy) is 1. The van der Waals surface area contributed by atoms with Gasteiger partial charge in [-0.3, -0.25) is 4.79 Å². The lowest BCUT2D eigenvalue weighted by Gasteiger charge is -2.10. The van der Waals surface area contributed by atoms with E-state index < -0.39 is 10.0 Å². The molecule has 7 heteroatoms. The number of carbonyl (C=O) groups excluding carboxylic acids is 1. The van der Waals surface area contributed by atoms with Gasteiger partial charge in [0.25, 0.3) is 0 Å². The molecular formula is C13H18N2O4S. The third kappa shape index (κ3) is 3.78. The summed E-state index contributed by atoms with van der Waals surface area (Å²) in [5, 5.41) is 7.85. The molecule has 1 aliphatic heterocycles. The molecule has 3 N–H and O–H groups in total. The van der Waals surface area contributed by atoms with E-state index >= 15 is 0 Å². The first-order chi connectivity index (χ1) is 9.36. The van der Waals surface area contributed by atoms with Crippen molar-refractivity contribution in [3.8, 4) is 0 Å². The summed E-state index contributed by atoms with van der Waals surface area (Å²) in [6, 6.07) is 6.22. The van der Waals surface area contributed by atoms with Crippen molar-refractivity contribution < 1.29 is 17.9 Å². The molecule has 0 saturated carbocycles. The van der Waals surface area contributed by atoms with E-state index in [9.17, 15) is 13.2 Å². The second kappa shape index (κ2) is 5.90. The molecule has 0 radical (unpaired) electrons. The van der Waals surface area contributed by atoms with Crippen LogP contribution < -0.4 is 10.5 Å². The first kappa shape index (κ1) is 15.0. The molecule has 1 aromatic carbocycles. The molecule has 0 aliphatic carbocycles. The smallest absolute Gasteiger partial charge is 0.238 e. The van der Waals surface area contributed by atoms with Crippen molar-refractivity contribution in [1.29, 1.82) is 0 Å². The molecule has 20 heavy (non-hydrogen) atoms. The van der Waals surface area contributed by atoms with Crippen molar-refractivity contribution in [2.24, 2.45) is 11.1 Å². The molecule has 0 aromatic heterocycles. The minimum absolute atomic E-state index is 0.0436. The van der Waals surface area contributed by atoms with Gasteiger partial charge in [-0.25, -0.2) is 13.6 Å². The van der Waals surface area contributed by atoms with Crippen LogP contribution in [0.4, 0.5) is 0 Å². The van der Waals surface area contributed by atoms with Crippen LogP contribution in [0.2, 0.25) is 0 Å². The second-order valence-corrected chi connectivity index (χ2v) is 6.55. The van der Waals surface area contributed by atoms with Gasteiger partial charge in [-0.15, -0.1) is 0 Å². The summed E-state index contributed by atoms with van der Waals surface area (Å²) < 4.78 is 27.8. The van der Waals surface area contributed by atoms with Crippen LogP contribution in [0.3, 0.4) is 0 Å². The lowest BCUT2D eigenvalue weighted by atomic mass is 10.1. The summed E-state index contributed by atoms with van der Waals surface area (Å²) in [7, 11) is -3.72. The number of hydrogen-bond donors (Lipinski definition) is 2. The Morgan fingerprint density at radius 3 is 2.85 bits per heavy atom. The van der Waals surface area contributed by atoms with E-state index in [1.165, 1.54) is 12.1 Å². The summed E-state index contributed by atoms with van der Waals surface area (Å²) in [5.74, 6) is -0.207.